The Morgan fingerprint density at radius 3 is 2.75 bits per heavy atom. The predicted molar refractivity (Wildman–Crippen MR) is 60.3 cm³/mol. The first-order valence-corrected chi connectivity index (χ1v) is 5.01. The van der Waals surface area contributed by atoms with Gasteiger partial charge in [-0.15, -0.1) is 0 Å². The Morgan fingerprint density at radius 2 is 2.19 bits per heavy atom. The molecule has 16 heavy (non-hydrogen) atoms. The van der Waals surface area contributed by atoms with Crippen LogP contribution in [0.4, 0.5) is 4.39 Å². The minimum atomic E-state index is -0.553. The Labute approximate surface area is 94.0 Å². The third-order valence-electron chi connectivity index (χ3n) is 2.28. The molecule has 0 saturated heterocycles. The lowest BCUT2D eigenvalue weighted by molar-refractivity contribution is 0.1000. The van der Waals surface area contributed by atoms with E-state index in [1.54, 1.807) is 0 Å². The molecule has 0 unspecified atom stereocenters. The van der Waals surface area contributed by atoms with E-state index < -0.39 is 5.91 Å². The summed E-state index contributed by atoms with van der Waals surface area (Å²) in [6.45, 7) is 1.58. The highest BCUT2D eigenvalue weighted by molar-refractivity contribution is 5.92. The third kappa shape index (κ3) is 3.29. The predicted octanol–water partition coefficient (Wildman–Crippen LogP) is 0.315. The molecular weight excluding hydrogens is 209 g/mol. The standard InChI is InChI=1S/C11H16FN3O/c1-15(5-4-13)7-9-6-8(11(14)16)2-3-10(9)12/h2-3,6H,4-5,7,13H2,1H3,(H2,14,16). The van der Waals surface area contributed by atoms with Crippen LogP contribution in [-0.4, -0.2) is 30.9 Å². The molecule has 0 heterocycles. The van der Waals surface area contributed by atoms with Crippen LogP contribution in [0, 0.1) is 5.82 Å². The highest BCUT2D eigenvalue weighted by Crippen LogP contribution is 2.12. The average molecular weight is 225 g/mol. The first-order chi connectivity index (χ1) is 7.54. The molecule has 1 aromatic carbocycles. The third-order valence-corrected chi connectivity index (χ3v) is 2.28. The minimum Gasteiger partial charge on any atom is -0.366 e. The van der Waals surface area contributed by atoms with E-state index >= 15 is 0 Å². The van der Waals surface area contributed by atoms with Crippen LogP contribution in [0.25, 0.3) is 0 Å². The maximum atomic E-state index is 13.4. The van der Waals surface area contributed by atoms with E-state index in [2.05, 4.69) is 0 Å². The Morgan fingerprint density at radius 1 is 1.50 bits per heavy atom. The first-order valence-electron chi connectivity index (χ1n) is 5.01. The smallest absolute Gasteiger partial charge is 0.248 e. The lowest BCUT2D eigenvalue weighted by Crippen LogP contribution is -2.25. The summed E-state index contributed by atoms with van der Waals surface area (Å²) < 4.78 is 13.4. The quantitative estimate of drug-likeness (QED) is 0.757. The van der Waals surface area contributed by atoms with Crippen molar-refractivity contribution in [2.75, 3.05) is 20.1 Å². The van der Waals surface area contributed by atoms with Crippen LogP contribution in [-0.2, 0) is 6.54 Å². The molecule has 0 aliphatic rings. The van der Waals surface area contributed by atoms with E-state index in [1.165, 1.54) is 18.2 Å². The van der Waals surface area contributed by atoms with Crippen LogP contribution >= 0.6 is 0 Å². The monoisotopic (exact) mass is 225 g/mol. The Hall–Kier alpha value is -1.46. The summed E-state index contributed by atoms with van der Waals surface area (Å²) in [5, 5.41) is 0. The van der Waals surface area contributed by atoms with E-state index in [0.717, 1.165) is 0 Å². The van der Waals surface area contributed by atoms with Crippen molar-refractivity contribution in [3.8, 4) is 0 Å². The van der Waals surface area contributed by atoms with Gasteiger partial charge in [0, 0.05) is 30.8 Å². The second-order valence-corrected chi connectivity index (χ2v) is 3.70. The lowest BCUT2D eigenvalue weighted by atomic mass is 10.1. The number of amides is 1. The molecule has 5 heteroatoms. The molecule has 4 nitrogen and oxygen atoms in total. The molecule has 0 saturated carbocycles. The van der Waals surface area contributed by atoms with E-state index in [1.807, 2.05) is 11.9 Å². The molecule has 1 rings (SSSR count). The molecule has 1 aromatic rings. The van der Waals surface area contributed by atoms with Crippen molar-refractivity contribution in [1.29, 1.82) is 0 Å². The highest BCUT2D eigenvalue weighted by atomic mass is 19.1. The zero-order valence-corrected chi connectivity index (χ0v) is 9.24. The number of carbonyl (C=O) groups excluding carboxylic acids is 1. The van der Waals surface area contributed by atoms with Gasteiger partial charge in [0.15, 0.2) is 0 Å². The molecule has 0 spiro atoms. The largest absolute Gasteiger partial charge is 0.366 e. The number of nitrogens with zero attached hydrogens (tertiary/aromatic N) is 1. The fourth-order valence-corrected chi connectivity index (χ4v) is 1.44. The van der Waals surface area contributed by atoms with Gasteiger partial charge >= 0.3 is 0 Å². The molecule has 88 valence electrons. The van der Waals surface area contributed by atoms with E-state index in [4.69, 9.17) is 11.5 Å². The van der Waals surface area contributed by atoms with Gasteiger partial charge in [-0.1, -0.05) is 0 Å². The van der Waals surface area contributed by atoms with Crippen molar-refractivity contribution < 1.29 is 9.18 Å². The van der Waals surface area contributed by atoms with Crippen molar-refractivity contribution >= 4 is 5.91 Å². The van der Waals surface area contributed by atoms with Gasteiger partial charge in [0.25, 0.3) is 0 Å². The van der Waals surface area contributed by atoms with Crippen molar-refractivity contribution in [3.05, 3.63) is 35.1 Å². The number of nitrogens with two attached hydrogens (primary N) is 2. The fraction of sp³-hybridized carbons (Fsp3) is 0.364. The van der Waals surface area contributed by atoms with Gasteiger partial charge in [-0.25, -0.2) is 4.39 Å². The van der Waals surface area contributed by atoms with Gasteiger partial charge in [-0.05, 0) is 25.2 Å². The van der Waals surface area contributed by atoms with Crippen LogP contribution < -0.4 is 11.5 Å². The Balaban J connectivity index is 2.85. The number of carbonyl (C=O) groups is 1. The number of hydrogen-bond acceptors (Lipinski definition) is 3. The van der Waals surface area contributed by atoms with Gasteiger partial charge in [-0.2, -0.15) is 0 Å². The summed E-state index contributed by atoms with van der Waals surface area (Å²) >= 11 is 0. The Kier molecular flexibility index (Phi) is 4.39. The second-order valence-electron chi connectivity index (χ2n) is 3.70. The van der Waals surface area contributed by atoms with Crippen molar-refractivity contribution in [3.63, 3.8) is 0 Å². The van der Waals surface area contributed by atoms with Gasteiger partial charge in [0.05, 0.1) is 0 Å². The van der Waals surface area contributed by atoms with Crippen LogP contribution in [0.15, 0.2) is 18.2 Å². The van der Waals surface area contributed by atoms with Crippen LogP contribution in [0.2, 0.25) is 0 Å². The second kappa shape index (κ2) is 5.58. The summed E-state index contributed by atoms with van der Waals surface area (Å²) in [4.78, 5) is 12.8. The molecule has 0 aromatic heterocycles. The van der Waals surface area contributed by atoms with Crippen LogP contribution in [0.3, 0.4) is 0 Å². The number of primary amides is 1. The van der Waals surface area contributed by atoms with Gasteiger partial charge in [0.2, 0.25) is 5.91 Å². The summed E-state index contributed by atoms with van der Waals surface area (Å²) in [6.07, 6.45) is 0. The van der Waals surface area contributed by atoms with Gasteiger partial charge in [0.1, 0.15) is 5.82 Å². The molecule has 4 N–H and O–H groups in total. The summed E-state index contributed by atoms with van der Waals surface area (Å²) in [6, 6.07) is 4.11. The number of rotatable bonds is 5. The van der Waals surface area contributed by atoms with Crippen LogP contribution in [0.5, 0.6) is 0 Å². The van der Waals surface area contributed by atoms with Crippen molar-refractivity contribution in [2.24, 2.45) is 11.5 Å². The number of likely N-dealkylation sites (N-methyl/N-ethyl adjacent to an activating group) is 1. The molecule has 0 aliphatic heterocycles. The summed E-state index contributed by atoms with van der Waals surface area (Å²) in [5.74, 6) is -0.892. The number of hydrogen-bond donors (Lipinski definition) is 2. The molecule has 1 amide bonds. The maximum Gasteiger partial charge on any atom is 0.248 e. The molecule has 0 bridgehead atoms. The first kappa shape index (κ1) is 12.6. The van der Waals surface area contributed by atoms with Gasteiger partial charge in [-0.3, -0.25) is 4.79 Å². The zero-order valence-electron chi connectivity index (χ0n) is 9.24. The molecule has 0 radical (unpaired) electrons. The average Bonchev–Trinajstić information content (AvgIpc) is 2.21. The van der Waals surface area contributed by atoms with E-state index in [9.17, 15) is 9.18 Å². The molecule has 0 fully saturated rings. The number of halogens is 1. The number of benzene rings is 1. The molecule has 0 aliphatic carbocycles. The molecular formula is C11H16FN3O. The molecule has 0 atom stereocenters. The SMILES string of the molecule is CN(CCN)Cc1cc(C(N)=O)ccc1F. The highest BCUT2D eigenvalue weighted by Gasteiger charge is 2.08. The normalized spacial score (nSPS) is 10.8. The summed E-state index contributed by atoms with van der Waals surface area (Å²) in [7, 11) is 1.84. The van der Waals surface area contributed by atoms with Crippen molar-refractivity contribution in [2.45, 2.75) is 6.54 Å². The van der Waals surface area contributed by atoms with Gasteiger partial charge < -0.3 is 16.4 Å². The van der Waals surface area contributed by atoms with Crippen LogP contribution in [0.1, 0.15) is 15.9 Å². The van der Waals surface area contributed by atoms with E-state index in [0.29, 0.717) is 30.8 Å². The fourth-order valence-electron chi connectivity index (χ4n) is 1.44. The topological polar surface area (TPSA) is 72.3 Å². The minimum absolute atomic E-state index is 0.317. The summed E-state index contributed by atoms with van der Waals surface area (Å²) in [5.41, 5.74) is 11.3. The maximum absolute atomic E-state index is 13.4. The van der Waals surface area contributed by atoms with Crippen molar-refractivity contribution in [1.82, 2.24) is 4.90 Å². The Bertz CT molecular complexity index is 381. The zero-order chi connectivity index (χ0) is 12.1. The lowest BCUT2D eigenvalue weighted by Gasteiger charge is -2.16. The van der Waals surface area contributed by atoms with E-state index in [-0.39, 0.29) is 5.82 Å².